The zero-order valence-electron chi connectivity index (χ0n) is 59.4. The molecular formula is C63H112N4O23S4+4. The summed E-state index contributed by atoms with van der Waals surface area (Å²) in [5, 5.41) is 28.0. The minimum atomic E-state index is -2.05. The summed E-state index contributed by atoms with van der Waals surface area (Å²) in [5.74, 6) is -10.4. The van der Waals surface area contributed by atoms with Crippen molar-refractivity contribution in [2.45, 2.75) is 141 Å². The summed E-state index contributed by atoms with van der Waals surface area (Å²) in [6.45, 7) is 15.1. The average molecular weight is 1420 g/mol. The molecule has 0 saturated carbocycles. The Hall–Kier alpha value is -4.92. The number of ether oxygens (including phenoxy) is 8. The van der Waals surface area contributed by atoms with E-state index in [0.717, 1.165) is 0 Å². The summed E-state index contributed by atoms with van der Waals surface area (Å²) in [4.78, 5) is 158. The third-order valence-corrected chi connectivity index (χ3v) is 16.8. The Labute approximate surface area is 577 Å². The van der Waals surface area contributed by atoms with Gasteiger partial charge in [-0.3, -0.25) is 43.2 Å². The maximum atomic E-state index is 14.6. The molecule has 3 N–H and O–H groups in total. The van der Waals surface area contributed by atoms with Crippen LogP contribution in [-0.2, 0) is 95.4 Å². The van der Waals surface area contributed by atoms with Crippen LogP contribution in [0.3, 0.4) is 0 Å². The van der Waals surface area contributed by atoms with Gasteiger partial charge in [-0.25, -0.2) is 14.4 Å². The number of carboxylic acids is 3. The number of Topliss-reactive ketones (excluding diaryl/α,β-unsaturated/α-hetero) is 1. The second-order valence-electron chi connectivity index (χ2n) is 31.2. The molecule has 0 bridgehead atoms. The Morgan fingerprint density at radius 1 is 0.309 bits per heavy atom. The number of ketones is 1. The maximum Gasteiger partial charge on any atom is 0.359 e. The number of nitrogens with zero attached hydrogens (tertiary/aromatic N) is 4. The quantitative estimate of drug-likeness (QED) is 0.0147. The van der Waals surface area contributed by atoms with E-state index >= 15 is 0 Å². The van der Waals surface area contributed by atoms with Crippen LogP contribution in [0, 0.1) is 27.1 Å². The van der Waals surface area contributed by atoms with E-state index in [1.165, 1.54) is 90.0 Å². The lowest BCUT2D eigenvalue weighted by atomic mass is 9.82. The van der Waals surface area contributed by atoms with Gasteiger partial charge in [0.1, 0.15) is 96.8 Å². The largest absolute Gasteiger partial charge is 0.477 e. The van der Waals surface area contributed by atoms with Crippen LogP contribution in [-0.4, -0.2) is 285 Å². The molecule has 0 aromatic carbocycles. The number of quaternary nitrogens is 4. The number of hydrogen-bond donors (Lipinski definition) is 7. The Kier molecular flexibility index (Phi) is 33.2. The zero-order chi connectivity index (χ0) is 73.9. The highest BCUT2D eigenvalue weighted by atomic mass is 32.1. The summed E-state index contributed by atoms with van der Waals surface area (Å²) in [6.07, 6.45) is -0.863. The van der Waals surface area contributed by atoms with Gasteiger partial charge in [0.15, 0.2) is 25.4 Å². The number of likely N-dealkylation sites (N-methyl/N-ethyl adjacent to an activating group) is 4. The van der Waals surface area contributed by atoms with Crippen molar-refractivity contribution in [3.05, 3.63) is 0 Å². The van der Waals surface area contributed by atoms with Crippen molar-refractivity contribution in [1.82, 2.24) is 0 Å². The average Bonchev–Trinajstić information content (AvgIpc) is 0.820. The van der Waals surface area contributed by atoms with Crippen molar-refractivity contribution < 1.29 is 129 Å². The molecule has 27 nitrogen and oxygen atoms in total. The fourth-order valence-corrected chi connectivity index (χ4v) is 12.2. The second kappa shape index (κ2) is 35.0. The van der Waals surface area contributed by atoms with E-state index in [1.54, 1.807) is 42.3 Å². The highest BCUT2D eigenvalue weighted by Crippen LogP contribution is 2.40. The standard InChI is InChI=1S/C63H108N4O23S4/c1-43(68)31-64(14,15)23-22-27-83-51(79)59(10,91)35-55(2,3)47(75)87-39-63(40-88-48(76)56(4,5)36-60(11,92)52(80)84-28-24-65(16,17)32-44(69)70,41-89-49(77)57(6,7)37-61(12,93)53(81)85-29-25-66(18,19)33-45(71)72)42-90-50(78)58(8,9)38-62(13,94)54(82)86-30-26-67(20,21)34-46(73)74/h22-42H2,1-21H3,(H3-4,69,70,71,72,73,74,91,92,93,94)/p+4. The first-order valence-corrected chi connectivity index (χ1v) is 32.5. The van der Waals surface area contributed by atoms with Gasteiger partial charge in [0.2, 0.25) is 0 Å². The molecule has 0 amide bonds. The van der Waals surface area contributed by atoms with Crippen molar-refractivity contribution >= 4 is 122 Å². The van der Waals surface area contributed by atoms with Gasteiger partial charge in [-0.2, -0.15) is 50.5 Å². The molecule has 0 heterocycles. The molecular weight excluding hydrogens is 1310 g/mol. The number of rotatable bonds is 45. The molecule has 4 unspecified atom stereocenters. The van der Waals surface area contributed by atoms with Crippen molar-refractivity contribution in [1.29, 1.82) is 0 Å². The SMILES string of the molecule is CC(=O)C[N+](C)(C)CCCOC(=O)C(C)(S)CC(C)(C)C(=O)OCC(COC(=O)C(C)(C)CC(C)(S)C(=O)OCC[N+](C)(C)CC(=O)O)(COC(=O)C(C)(C)CC(C)(S)C(=O)OCC[N+](C)(C)CC(=O)O)COC(=O)C(C)(C)CC(C)(S)C(=O)OCC[N+](C)(C)CC(=O)O. The van der Waals surface area contributed by atoms with Crippen LogP contribution in [0.4, 0.5) is 0 Å². The van der Waals surface area contributed by atoms with E-state index in [2.05, 4.69) is 50.5 Å². The lowest BCUT2D eigenvalue weighted by Gasteiger charge is -2.38. The van der Waals surface area contributed by atoms with Crippen LogP contribution < -0.4 is 0 Å². The van der Waals surface area contributed by atoms with Crippen LogP contribution in [0.1, 0.15) is 122 Å². The molecule has 0 aliphatic carbocycles. The van der Waals surface area contributed by atoms with Gasteiger partial charge in [-0.05, 0) is 109 Å². The first-order chi connectivity index (χ1) is 42.0. The molecule has 0 fully saturated rings. The van der Waals surface area contributed by atoms with E-state index in [4.69, 9.17) is 37.9 Å². The summed E-state index contributed by atoms with van der Waals surface area (Å²) in [5.41, 5.74) is -8.41. The van der Waals surface area contributed by atoms with Gasteiger partial charge in [0.05, 0.1) is 91.2 Å². The van der Waals surface area contributed by atoms with Gasteiger partial charge in [0, 0.05) is 13.3 Å². The van der Waals surface area contributed by atoms with Gasteiger partial charge in [-0.1, -0.05) is 0 Å². The smallest absolute Gasteiger partial charge is 0.359 e. The Morgan fingerprint density at radius 2 is 0.511 bits per heavy atom. The van der Waals surface area contributed by atoms with Gasteiger partial charge < -0.3 is 71.1 Å². The van der Waals surface area contributed by atoms with Crippen molar-refractivity contribution in [2.24, 2.45) is 27.1 Å². The van der Waals surface area contributed by atoms with E-state index in [0.29, 0.717) is 17.4 Å². The highest BCUT2D eigenvalue weighted by Gasteiger charge is 2.50. The summed E-state index contributed by atoms with van der Waals surface area (Å²) in [6, 6.07) is 0. The third kappa shape index (κ3) is 32.9. The number of carbonyl (C=O) groups is 12. The van der Waals surface area contributed by atoms with Gasteiger partial charge in [-0.15, -0.1) is 0 Å². The Morgan fingerprint density at radius 3 is 0.713 bits per heavy atom. The molecule has 0 spiro atoms. The van der Waals surface area contributed by atoms with E-state index in [1.807, 2.05) is 14.1 Å². The lowest BCUT2D eigenvalue weighted by Crippen LogP contribution is -2.49. The Balaban J connectivity index is 7.74. The molecule has 0 rings (SSSR count). The maximum absolute atomic E-state index is 14.6. The second-order valence-corrected chi connectivity index (χ2v) is 35.1. The van der Waals surface area contributed by atoms with E-state index in [-0.39, 0.29) is 117 Å². The normalized spacial score (nSPS) is 16.0. The predicted molar refractivity (Wildman–Crippen MR) is 359 cm³/mol. The van der Waals surface area contributed by atoms with Crippen molar-refractivity contribution in [2.75, 3.05) is 162 Å². The van der Waals surface area contributed by atoms with Crippen molar-refractivity contribution in [3.63, 3.8) is 0 Å². The fraction of sp³-hybridized carbons (Fsp3) is 0.810. The first-order valence-electron chi connectivity index (χ1n) is 30.7. The molecule has 0 aromatic heterocycles. The summed E-state index contributed by atoms with van der Waals surface area (Å²) >= 11 is 18.4. The van der Waals surface area contributed by atoms with Crippen LogP contribution in [0.2, 0.25) is 0 Å². The lowest BCUT2D eigenvalue weighted by molar-refractivity contribution is -0.883. The topological polar surface area (TPSA) is 339 Å². The first kappa shape index (κ1) is 89.1. The molecule has 0 radical (unpaired) electrons. The minimum absolute atomic E-state index is 0.0113. The third-order valence-electron chi connectivity index (χ3n) is 15.4. The zero-order valence-corrected chi connectivity index (χ0v) is 63.0. The predicted octanol–water partition coefficient (Wildman–Crippen LogP) is 4.28. The van der Waals surface area contributed by atoms with Gasteiger partial charge in [0.25, 0.3) is 0 Å². The molecule has 94 heavy (non-hydrogen) atoms. The molecule has 31 heteroatoms. The molecule has 542 valence electrons. The number of thiol groups is 4. The van der Waals surface area contributed by atoms with Crippen LogP contribution in [0.25, 0.3) is 0 Å². The fourth-order valence-electron chi connectivity index (χ4n) is 10.4. The van der Waals surface area contributed by atoms with Crippen LogP contribution in [0.5, 0.6) is 0 Å². The minimum Gasteiger partial charge on any atom is -0.477 e. The number of hydrogen-bond acceptors (Lipinski definition) is 24. The number of esters is 8. The number of aliphatic carboxylic acids is 3. The van der Waals surface area contributed by atoms with Crippen LogP contribution in [0.15, 0.2) is 0 Å². The number of carbonyl (C=O) groups excluding carboxylic acids is 9. The Bertz CT molecular complexity index is 2490. The molecule has 0 aromatic rings. The monoisotopic (exact) mass is 1420 g/mol. The number of carboxylic acid groups (broad SMARTS) is 3. The molecule has 0 aliphatic rings. The summed E-state index contributed by atoms with van der Waals surface area (Å²) < 4.78 is 40.0. The molecule has 0 saturated heterocycles. The van der Waals surface area contributed by atoms with Gasteiger partial charge >= 0.3 is 65.7 Å². The molecule has 0 aliphatic heterocycles. The highest BCUT2D eigenvalue weighted by molar-refractivity contribution is 7.83. The van der Waals surface area contributed by atoms with Crippen molar-refractivity contribution in [3.8, 4) is 0 Å². The summed E-state index contributed by atoms with van der Waals surface area (Å²) in [7, 11) is 13.5. The molecule has 4 atom stereocenters. The van der Waals surface area contributed by atoms with E-state index < -0.39 is 138 Å². The van der Waals surface area contributed by atoms with E-state index in [9.17, 15) is 72.9 Å². The van der Waals surface area contributed by atoms with Crippen LogP contribution >= 0.6 is 50.5 Å².